The van der Waals surface area contributed by atoms with E-state index in [0.717, 1.165) is 25.9 Å². The summed E-state index contributed by atoms with van der Waals surface area (Å²) in [5, 5.41) is 11.9. The van der Waals surface area contributed by atoms with E-state index in [1.807, 2.05) is 6.07 Å². The van der Waals surface area contributed by atoms with Gasteiger partial charge >= 0.3 is 0 Å². The molecule has 1 unspecified atom stereocenters. The molecule has 0 aromatic heterocycles. The molecule has 1 atom stereocenters. The molecule has 3 nitrogen and oxygen atoms in total. The predicted molar refractivity (Wildman–Crippen MR) is 62.2 cm³/mol. The van der Waals surface area contributed by atoms with Crippen LogP contribution in [0.25, 0.3) is 0 Å². The Bertz CT molecular complexity index is 422. The summed E-state index contributed by atoms with van der Waals surface area (Å²) in [7, 11) is 0. The van der Waals surface area contributed by atoms with E-state index in [-0.39, 0.29) is 5.75 Å². The van der Waals surface area contributed by atoms with Gasteiger partial charge < -0.3 is 10.1 Å². The van der Waals surface area contributed by atoms with Gasteiger partial charge in [-0.1, -0.05) is 0 Å². The highest BCUT2D eigenvalue weighted by Crippen LogP contribution is 2.20. The predicted octanol–water partition coefficient (Wildman–Crippen LogP) is 2.08. The molecular formula is C13H15FN2O. The summed E-state index contributed by atoms with van der Waals surface area (Å²) in [6.45, 7) is 2.51. The molecule has 1 aliphatic rings. The maximum Gasteiger partial charge on any atom is 0.166 e. The van der Waals surface area contributed by atoms with Crippen LogP contribution in [0.3, 0.4) is 0 Å². The van der Waals surface area contributed by atoms with Crippen LogP contribution in [0.5, 0.6) is 5.75 Å². The van der Waals surface area contributed by atoms with Crippen LogP contribution in [-0.2, 0) is 0 Å². The molecule has 1 aromatic carbocycles. The van der Waals surface area contributed by atoms with E-state index in [1.165, 1.54) is 12.1 Å². The number of halogens is 1. The Labute approximate surface area is 100 Å². The molecule has 17 heavy (non-hydrogen) atoms. The second-order valence-corrected chi connectivity index (χ2v) is 4.28. The van der Waals surface area contributed by atoms with Crippen LogP contribution >= 0.6 is 0 Å². The van der Waals surface area contributed by atoms with Gasteiger partial charge in [0.15, 0.2) is 11.6 Å². The van der Waals surface area contributed by atoms with Gasteiger partial charge in [0.25, 0.3) is 0 Å². The van der Waals surface area contributed by atoms with E-state index in [2.05, 4.69) is 5.32 Å². The van der Waals surface area contributed by atoms with E-state index in [9.17, 15) is 4.39 Å². The zero-order valence-corrected chi connectivity index (χ0v) is 9.58. The highest BCUT2D eigenvalue weighted by Gasteiger charge is 2.14. The van der Waals surface area contributed by atoms with E-state index in [4.69, 9.17) is 10.00 Å². The Morgan fingerprint density at radius 2 is 2.41 bits per heavy atom. The van der Waals surface area contributed by atoms with Crippen molar-refractivity contribution in [3.05, 3.63) is 29.6 Å². The Morgan fingerprint density at radius 3 is 3.06 bits per heavy atom. The molecule has 1 saturated heterocycles. The van der Waals surface area contributed by atoms with Crippen molar-refractivity contribution >= 4 is 0 Å². The first-order chi connectivity index (χ1) is 8.29. The molecule has 4 heteroatoms. The standard InChI is InChI=1S/C13H15FN2O/c14-12-6-10(7-15)3-4-13(12)17-9-11-2-1-5-16-8-11/h3-4,6,11,16H,1-2,5,8-9H2. The average Bonchev–Trinajstić information content (AvgIpc) is 2.38. The van der Waals surface area contributed by atoms with Gasteiger partial charge in [-0.2, -0.15) is 5.26 Å². The minimum Gasteiger partial charge on any atom is -0.490 e. The third kappa shape index (κ3) is 3.18. The van der Waals surface area contributed by atoms with Crippen molar-refractivity contribution in [1.82, 2.24) is 5.32 Å². The van der Waals surface area contributed by atoms with Crippen LogP contribution in [0, 0.1) is 23.1 Å². The third-order valence-corrected chi connectivity index (χ3v) is 2.93. The van der Waals surface area contributed by atoms with Gasteiger partial charge in [0.1, 0.15) is 0 Å². The molecule has 0 spiro atoms. The Kier molecular flexibility index (Phi) is 3.94. The summed E-state index contributed by atoms with van der Waals surface area (Å²) in [6, 6.07) is 6.18. The Hall–Kier alpha value is -1.60. The van der Waals surface area contributed by atoms with Gasteiger partial charge in [-0.05, 0) is 37.6 Å². The lowest BCUT2D eigenvalue weighted by Gasteiger charge is -2.22. The van der Waals surface area contributed by atoms with Crippen LogP contribution < -0.4 is 10.1 Å². The minimum atomic E-state index is -0.465. The SMILES string of the molecule is N#Cc1ccc(OCC2CCCNC2)c(F)c1. The van der Waals surface area contributed by atoms with Gasteiger partial charge in [-0.3, -0.25) is 0 Å². The van der Waals surface area contributed by atoms with Gasteiger partial charge in [0, 0.05) is 12.5 Å². The monoisotopic (exact) mass is 234 g/mol. The van der Waals surface area contributed by atoms with Crippen molar-refractivity contribution in [2.24, 2.45) is 5.92 Å². The fourth-order valence-electron chi connectivity index (χ4n) is 1.96. The first-order valence-corrected chi connectivity index (χ1v) is 5.83. The van der Waals surface area contributed by atoms with Crippen molar-refractivity contribution in [3.63, 3.8) is 0 Å². The number of rotatable bonds is 3. The second-order valence-electron chi connectivity index (χ2n) is 4.28. The third-order valence-electron chi connectivity index (χ3n) is 2.93. The molecule has 1 aliphatic heterocycles. The normalized spacial score (nSPS) is 19.6. The lowest BCUT2D eigenvalue weighted by molar-refractivity contribution is 0.211. The number of ether oxygens (including phenoxy) is 1. The van der Waals surface area contributed by atoms with E-state index < -0.39 is 5.82 Å². The first kappa shape index (κ1) is 11.9. The van der Waals surface area contributed by atoms with Crippen molar-refractivity contribution in [1.29, 1.82) is 5.26 Å². The number of benzene rings is 1. The van der Waals surface area contributed by atoms with E-state index in [0.29, 0.717) is 18.1 Å². The molecule has 1 fully saturated rings. The van der Waals surface area contributed by atoms with Crippen LogP contribution in [0.1, 0.15) is 18.4 Å². The molecule has 1 heterocycles. The quantitative estimate of drug-likeness (QED) is 0.870. The Morgan fingerprint density at radius 1 is 1.53 bits per heavy atom. The first-order valence-electron chi connectivity index (χ1n) is 5.83. The zero-order chi connectivity index (χ0) is 12.1. The average molecular weight is 234 g/mol. The molecular weight excluding hydrogens is 219 g/mol. The van der Waals surface area contributed by atoms with Crippen LogP contribution in [-0.4, -0.2) is 19.7 Å². The molecule has 0 aliphatic carbocycles. The summed E-state index contributed by atoms with van der Waals surface area (Å²) in [5.41, 5.74) is 0.314. The highest BCUT2D eigenvalue weighted by atomic mass is 19.1. The fourth-order valence-corrected chi connectivity index (χ4v) is 1.96. The summed E-state index contributed by atoms with van der Waals surface area (Å²) in [4.78, 5) is 0. The van der Waals surface area contributed by atoms with Crippen LogP contribution in [0.2, 0.25) is 0 Å². The number of nitriles is 1. The molecule has 0 saturated carbocycles. The molecule has 1 N–H and O–H groups in total. The number of hydrogen-bond donors (Lipinski definition) is 1. The van der Waals surface area contributed by atoms with Crippen LogP contribution in [0.4, 0.5) is 4.39 Å². The maximum atomic E-state index is 13.5. The van der Waals surface area contributed by atoms with Crippen LogP contribution in [0.15, 0.2) is 18.2 Å². The molecule has 1 aromatic rings. The largest absolute Gasteiger partial charge is 0.490 e. The number of nitrogens with one attached hydrogen (secondary N) is 1. The van der Waals surface area contributed by atoms with Gasteiger partial charge in [0.2, 0.25) is 0 Å². The van der Waals surface area contributed by atoms with E-state index in [1.54, 1.807) is 6.07 Å². The Balaban J connectivity index is 1.92. The van der Waals surface area contributed by atoms with Crippen molar-refractivity contribution in [2.45, 2.75) is 12.8 Å². The second kappa shape index (κ2) is 5.65. The summed E-state index contributed by atoms with van der Waals surface area (Å²) in [6.07, 6.45) is 2.26. The fraction of sp³-hybridized carbons (Fsp3) is 0.462. The topological polar surface area (TPSA) is 45.0 Å². The molecule has 0 radical (unpaired) electrons. The van der Waals surface area contributed by atoms with Gasteiger partial charge in [0.05, 0.1) is 18.2 Å². The molecule has 2 rings (SSSR count). The summed E-state index contributed by atoms with van der Waals surface area (Å²) in [5.74, 6) is 0.209. The van der Waals surface area contributed by atoms with Gasteiger partial charge in [-0.15, -0.1) is 0 Å². The minimum absolute atomic E-state index is 0.231. The smallest absolute Gasteiger partial charge is 0.166 e. The summed E-state index contributed by atoms with van der Waals surface area (Å²) >= 11 is 0. The molecule has 0 amide bonds. The zero-order valence-electron chi connectivity index (χ0n) is 9.58. The number of hydrogen-bond acceptors (Lipinski definition) is 3. The van der Waals surface area contributed by atoms with Crippen molar-refractivity contribution in [3.8, 4) is 11.8 Å². The summed E-state index contributed by atoms with van der Waals surface area (Å²) < 4.78 is 19.0. The lowest BCUT2D eigenvalue weighted by Crippen LogP contribution is -2.33. The highest BCUT2D eigenvalue weighted by molar-refractivity contribution is 5.35. The van der Waals surface area contributed by atoms with E-state index >= 15 is 0 Å². The van der Waals surface area contributed by atoms with Gasteiger partial charge in [-0.25, -0.2) is 4.39 Å². The number of piperidine rings is 1. The lowest BCUT2D eigenvalue weighted by atomic mass is 10.0. The maximum absolute atomic E-state index is 13.5. The molecule has 90 valence electrons. The van der Waals surface area contributed by atoms with Crippen molar-refractivity contribution in [2.75, 3.05) is 19.7 Å². The number of nitrogens with zero attached hydrogens (tertiary/aromatic N) is 1. The molecule has 0 bridgehead atoms. The van der Waals surface area contributed by atoms with Crippen molar-refractivity contribution < 1.29 is 9.13 Å².